The topological polar surface area (TPSA) is 21.3 Å². The number of hydrogen-bond donors (Lipinski definition) is 1. The second-order valence-corrected chi connectivity index (χ2v) is 5.05. The molecule has 0 bridgehead atoms. The van der Waals surface area contributed by atoms with E-state index < -0.39 is 0 Å². The Balaban J connectivity index is 2.20. The molecule has 0 aliphatic carbocycles. The zero-order valence-corrected chi connectivity index (χ0v) is 12.7. The summed E-state index contributed by atoms with van der Waals surface area (Å²) >= 11 is 6.24. The summed E-state index contributed by atoms with van der Waals surface area (Å²) in [5.41, 5.74) is 2.36. The van der Waals surface area contributed by atoms with Gasteiger partial charge in [0.25, 0.3) is 0 Å². The standard InChI is InChI=1S/C17H20ClNO/c1-3-20-15-9-6-8-14(11-15)17(19-2)12-13-7-4-5-10-16(13)18/h4-11,17,19H,3,12H2,1-2H3. The number of ether oxygens (including phenoxy) is 1. The minimum atomic E-state index is 0.218. The average molecular weight is 290 g/mol. The summed E-state index contributed by atoms with van der Waals surface area (Å²) < 4.78 is 5.56. The number of likely N-dealkylation sites (N-methyl/N-ethyl adjacent to an activating group) is 1. The number of nitrogens with one attached hydrogen (secondary N) is 1. The molecule has 106 valence electrons. The second kappa shape index (κ2) is 7.32. The highest BCUT2D eigenvalue weighted by molar-refractivity contribution is 6.31. The molecule has 3 heteroatoms. The van der Waals surface area contributed by atoms with Crippen LogP contribution in [0.15, 0.2) is 48.5 Å². The highest BCUT2D eigenvalue weighted by Crippen LogP contribution is 2.25. The number of hydrogen-bond acceptors (Lipinski definition) is 2. The Labute approximate surface area is 125 Å². The van der Waals surface area contributed by atoms with Crippen molar-refractivity contribution in [1.82, 2.24) is 5.32 Å². The maximum absolute atomic E-state index is 6.24. The normalized spacial score (nSPS) is 12.2. The van der Waals surface area contributed by atoms with E-state index in [0.717, 1.165) is 22.8 Å². The van der Waals surface area contributed by atoms with Crippen LogP contribution >= 0.6 is 11.6 Å². The van der Waals surface area contributed by atoms with Crippen LogP contribution in [0.4, 0.5) is 0 Å². The fourth-order valence-corrected chi connectivity index (χ4v) is 2.47. The first kappa shape index (κ1) is 14.9. The van der Waals surface area contributed by atoms with E-state index in [0.29, 0.717) is 6.61 Å². The number of rotatable bonds is 6. The van der Waals surface area contributed by atoms with Crippen molar-refractivity contribution in [3.63, 3.8) is 0 Å². The van der Waals surface area contributed by atoms with Crippen LogP contribution in [0.3, 0.4) is 0 Å². The molecule has 0 spiro atoms. The van der Waals surface area contributed by atoms with Crippen LogP contribution in [0.1, 0.15) is 24.1 Å². The van der Waals surface area contributed by atoms with Crippen LogP contribution in [0.2, 0.25) is 5.02 Å². The second-order valence-electron chi connectivity index (χ2n) is 4.64. The van der Waals surface area contributed by atoms with Gasteiger partial charge in [0, 0.05) is 11.1 Å². The van der Waals surface area contributed by atoms with Crippen molar-refractivity contribution in [3.8, 4) is 5.75 Å². The van der Waals surface area contributed by atoms with Gasteiger partial charge in [-0.2, -0.15) is 0 Å². The van der Waals surface area contributed by atoms with Crippen LogP contribution < -0.4 is 10.1 Å². The highest BCUT2D eigenvalue weighted by atomic mass is 35.5. The summed E-state index contributed by atoms with van der Waals surface area (Å²) in [6, 6.07) is 16.4. The van der Waals surface area contributed by atoms with Gasteiger partial charge in [0.15, 0.2) is 0 Å². The molecule has 0 aliphatic heterocycles. The summed E-state index contributed by atoms with van der Waals surface area (Å²) in [6.07, 6.45) is 0.853. The molecule has 2 aromatic carbocycles. The minimum absolute atomic E-state index is 0.218. The molecule has 2 rings (SSSR count). The number of benzene rings is 2. The predicted molar refractivity (Wildman–Crippen MR) is 84.6 cm³/mol. The molecule has 0 heterocycles. The van der Waals surface area contributed by atoms with Crippen LogP contribution in [-0.2, 0) is 6.42 Å². The third-order valence-electron chi connectivity index (χ3n) is 3.30. The molecule has 1 unspecified atom stereocenters. The van der Waals surface area contributed by atoms with Gasteiger partial charge in [0.1, 0.15) is 5.75 Å². The van der Waals surface area contributed by atoms with E-state index in [1.54, 1.807) is 0 Å². The molecule has 0 amide bonds. The maximum Gasteiger partial charge on any atom is 0.119 e. The van der Waals surface area contributed by atoms with Gasteiger partial charge in [0.05, 0.1) is 6.61 Å². The lowest BCUT2D eigenvalue weighted by atomic mass is 9.99. The zero-order valence-electron chi connectivity index (χ0n) is 11.9. The van der Waals surface area contributed by atoms with Crippen molar-refractivity contribution < 1.29 is 4.74 Å². The van der Waals surface area contributed by atoms with Gasteiger partial charge in [-0.1, -0.05) is 41.9 Å². The van der Waals surface area contributed by atoms with E-state index in [9.17, 15) is 0 Å². The molecular formula is C17H20ClNO. The Kier molecular flexibility index (Phi) is 5.45. The van der Waals surface area contributed by atoms with Crippen LogP contribution in [-0.4, -0.2) is 13.7 Å². The van der Waals surface area contributed by atoms with Crippen molar-refractivity contribution in [2.45, 2.75) is 19.4 Å². The molecule has 1 N–H and O–H groups in total. The van der Waals surface area contributed by atoms with Gasteiger partial charge < -0.3 is 10.1 Å². The quantitative estimate of drug-likeness (QED) is 0.859. The van der Waals surface area contributed by atoms with E-state index in [-0.39, 0.29) is 6.04 Å². The van der Waals surface area contributed by atoms with Crippen molar-refractivity contribution in [1.29, 1.82) is 0 Å². The summed E-state index contributed by atoms with van der Waals surface area (Å²) in [7, 11) is 1.97. The summed E-state index contributed by atoms with van der Waals surface area (Å²) in [4.78, 5) is 0. The van der Waals surface area contributed by atoms with Gasteiger partial charge in [-0.25, -0.2) is 0 Å². The molecule has 20 heavy (non-hydrogen) atoms. The summed E-state index contributed by atoms with van der Waals surface area (Å²) in [6.45, 7) is 2.67. The first-order valence-electron chi connectivity index (χ1n) is 6.88. The SMILES string of the molecule is CCOc1cccc(C(Cc2ccccc2Cl)NC)c1. The lowest BCUT2D eigenvalue weighted by Crippen LogP contribution is -2.19. The molecular weight excluding hydrogens is 270 g/mol. The highest BCUT2D eigenvalue weighted by Gasteiger charge is 2.12. The first-order chi connectivity index (χ1) is 9.74. The first-order valence-corrected chi connectivity index (χ1v) is 7.25. The molecule has 0 aromatic heterocycles. The smallest absolute Gasteiger partial charge is 0.119 e. The summed E-state index contributed by atoms with van der Waals surface area (Å²) in [5.74, 6) is 0.907. The Morgan fingerprint density at radius 2 is 1.95 bits per heavy atom. The molecule has 0 radical (unpaired) electrons. The summed E-state index contributed by atoms with van der Waals surface area (Å²) in [5, 5.41) is 4.16. The minimum Gasteiger partial charge on any atom is -0.494 e. The van der Waals surface area contributed by atoms with Crippen molar-refractivity contribution in [2.24, 2.45) is 0 Å². The van der Waals surface area contributed by atoms with Gasteiger partial charge >= 0.3 is 0 Å². The van der Waals surface area contributed by atoms with Gasteiger partial charge in [-0.15, -0.1) is 0 Å². The molecule has 0 fully saturated rings. The van der Waals surface area contributed by atoms with E-state index in [4.69, 9.17) is 16.3 Å². The lowest BCUT2D eigenvalue weighted by molar-refractivity contribution is 0.339. The fraction of sp³-hybridized carbons (Fsp3) is 0.294. The molecule has 0 saturated heterocycles. The van der Waals surface area contributed by atoms with E-state index in [1.165, 1.54) is 5.56 Å². The predicted octanol–water partition coefficient (Wildman–Crippen LogP) is 4.24. The van der Waals surface area contributed by atoms with Gasteiger partial charge in [-0.05, 0) is 49.7 Å². The fourth-order valence-electron chi connectivity index (χ4n) is 2.26. The maximum atomic E-state index is 6.24. The van der Waals surface area contributed by atoms with E-state index >= 15 is 0 Å². The largest absolute Gasteiger partial charge is 0.494 e. The Morgan fingerprint density at radius 1 is 1.15 bits per heavy atom. The molecule has 1 atom stereocenters. The molecule has 2 nitrogen and oxygen atoms in total. The van der Waals surface area contributed by atoms with Crippen LogP contribution in [0, 0.1) is 0 Å². The monoisotopic (exact) mass is 289 g/mol. The Morgan fingerprint density at radius 3 is 2.65 bits per heavy atom. The van der Waals surface area contributed by atoms with Crippen molar-refractivity contribution in [3.05, 3.63) is 64.7 Å². The molecule has 0 saturated carbocycles. The Hall–Kier alpha value is -1.51. The van der Waals surface area contributed by atoms with E-state index in [1.807, 2.05) is 44.3 Å². The zero-order chi connectivity index (χ0) is 14.4. The van der Waals surface area contributed by atoms with Crippen molar-refractivity contribution >= 4 is 11.6 Å². The Bertz CT molecular complexity index is 556. The average Bonchev–Trinajstić information content (AvgIpc) is 2.47. The van der Waals surface area contributed by atoms with Crippen molar-refractivity contribution in [2.75, 3.05) is 13.7 Å². The van der Waals surface area contributed by atoms with Gasteiger partial charge in [0.2, 0.25) is 0 Å². The van der Waals surface area contributed by atoms with E-state index in [2.05, 4.69) is 23.5 Å². The van der Waals surface area contributed by atoms with Gasteiger partial charge in [-0.3, -0.25) is 0 Å². The molecule has 2 aromatic rings. The third-order valence-corrected chi connectivity index (χ3v) is 3.67. The van der Waals surface area contributed by atoms with Crippen LogP contribution in [0.25, 0.3) is 0 Å². The molecule has 0 aliphatic rings. The van der Waals surface area contributed by atoms with Crippen LogP contribution in [0.5, 0.6) is 5.75 Å². The third kappa shape index (κ3) is 3.75. The lowest BCUT2D eigenvalue weighted by Gasteiger charge is -2.18. The number of halogens is 1.